The minimum atomic E-state index is -0.174. The fourth-order valence-electron chi connectivity index (χ4n) is 2.44. The van der Waals surface area contributed by atoms with Gasteiger partial charge in [-0.15, -0.1) is 0 Å². The molecule has 0 aliphatic carbocycles. The maximum Gasteiger partial charge on any atom is 0.0588 e. The van der Waals surface area contributed by atoms with Crippen LogP contribution in [-0.2, 0) is 5.41 Å². The van der Waals surface area contributed by atoms with E-state index in [1.807, 2.05) is 20.0 Å². The molecular formula is C22H34N2. The Balaban J connectivity index is 2.99. The van der Waals surface area contributed by atoms with Gasteiger partial charge in [-0.05, 0) is 55.5 Å². The van der Waals surface area contributed by atoms with Crippen molar-refractivity contribution in [2.24, 2.45) is 0 Å². The van der Waals surface area contributed by atoms with Gasteiger partial charge >= 0.3 is 0 Å². The van der Waals surface area contributed by atoms with Crippen molar-refractivity contribution in [1.82, 2.24) is 5.32 Å². The van der Waals surface area contributed by atoms with Crippen molar-refractivity contribution in [3.05, 3.63) is 65.9 Å². The molecule has 0 aliphatic rings. The summed E-state index contributed by atoms with van der Waals surface area (Å²) in [4.78, 5) is 2.28. The van der Waals surface area contributed by atoms with Gasteiger partial charge in [0.2, 0.25) is 0 Å². The van der Waals surface area contributed by atoms with Crippen molar-refractivity contribution < 1.29 is 0 Å². The standard InChI is InChI=1S/C22H34N2/c1-10-19(23-8)14-11-17(2)22(6,7)24(9)20-15-12-18(13-16-20)21(3,4)5/h10-16,23H,2H2,1,3-9H3/b14-11-,19-10+. The van der Waals surface area contributed by atoms with E-state index in [0.717, 1.165) is 11.3 Å². The first kappa shape index (κ1) is 20.1. The van der Waals surface area contributed by atoms with Crippen LogP contribution < -0.4 is 10.2 Å². The van der Waals surface area contributed by atoms with E-state index in [1.165, 1.54) is 11.3 Å². The normalized spacial score (nSPS) is 13.2. The van der Waals surface area contributed by atoms with Gasteiger partial charge in [0.05, 0.1) is 5.54 Å². The summed E-state index contributed by atoms with van der Waals surface area (Å²) in [6, 6.07) is 8.84. The van der Waals surface area contributed by atoms with Crippen LogP contribution >= 0.6 is 0 Å². The number of anilines is 1. The molecule has 0 aromatic heterocycles. The number of likely N-dealkylation sites (N-methyl/N-ethyl adjacent to an activating group) is 2. The first-order chi connectivity index (χ1) is 11.0. The second kappa shape index (κ2) is 7.74. The highest BCUT2D eigenvalue weighted by Crippen LogP contribution is 2.30. The number of nitrogens with one attached hydrogen (secondary N) is 1. The van der Waals surface area contributed by atoms with Crippen molar-refractivity contribution in [2.45, 2.75) is 52.5 Å². The molecule has 1 aromatic rings. The second-order valence-corrected chi connectivity index (χ2v) is 7.77. The van der Waals surface area contributed by atoms with Crippen molar-refractivity contribution in [3.63, 3.8) is 0 Å². The number of hydrogen-bond acceptors (Lipinski definition) is 2. The van der Waals surface area contributed by atoms with Crippen molar-refractivity contribution in [1.29, 1.82) is 0 Å². The van der Waals surface area contributed by atoms with Crippen LogP contribution in [0.5, 0.6) is 0 Å². The molecule has 0 unspecified atom stereocenters. The number of allylic oxidation sites excluding steroid dienone is 2. The highest BCUT2D eigenvalue weighted by Gasteiger charge is 2.26. The maximum atomic E-state index is 4.29. The smallest absolute Gasteiger partial charge is 0.0588 e. The minimum Gasteiger partial charge on any atom is -0.388 e. The third kappa shape index (κ3) is 4.77. The molecule has 2 heteroatoms. The predicted molar refractivity (Wildman–Crippen MR) is 109 cm³/mol. The van der Waals surface area contributed by atoms with Crippen LogP contribution in [0.3, 0.4) is 0 Å². The minimum absolute atomic E-state index is 0.174. The third-order valence-electron chi connectivity index (χ3n) is 4.81. The molecule has 2 nitrogen and oxygen atoms in total. The van der Waals surface area contributed by atoms with E-state index in [2.05, 4.69) is 94.9 Å². The highest BCUT2D eigenvalue weighted by atomic mass is 15.2. The van der Waals surface area contributed by atoms with Crippen molar-refractivity contribution in [2.75, 3.05) is 19.0 Å². The van der Waals surface area contributed by atoms with Gasteiger partial charge in [-0.3, -0.25) is 0 Å². The monoisotopic (exact) mass is 326 g/mol. The topological polar surface area (TPSA) is 15.3 Å². The summed E-state index contributed by atoms with van der Waals surface area (Å²) in [5.41, 5.74) is 4.70. The Morgan fingerprint density at radius 3 is 2.00 bits per heavy atom. The molecule has 24 heavy (non-hydrogen) atoms. The van der Waals surface area contributed by atoms with Gasteiger partial charge in [0, 0.05) is 25.5 Å². The van der Waals surface area contributed by atoms with Gasteiger partial charge in [0.25, 0.3) is 0 Å². The van der Waals surface area contributed by atoms with E-state index in [1.54, 1.807) is 0 Å². The number of nitrogens with zero attached hydrogens (tertiary/aromatic N) is 1. The quantitative estimate of drug-likeness (QED) is 0.701. The summed E-state index contributed by atoms with van der Waals surface area (Å²) >= 11 is 0. The molecule has 0 heterocycles. The van der Waals surface area contributed by atoms with Crippen LogP contribution in [0.1, 0.15) is 47.1 Å². The lowest BCUT2D eigenvalue weighted by molar-refractivity contribution is 0.577. The first-order valence-corrected chi connectivity index (χ1v) is 8.60. The van der Waals surface area contributed by atoms with Crippen LogP contribution in [0.4, 0.5) is 5.69 Å². The Labute approximate surface area is 149 Å². The van der Waals surface area contributed by atoms with Crippen molar-refractivity contribution >= 4 is 5.69 Å². The SMILES string of the molecule is C=C(/C=C\C(=C/C)NC)C(C)(C)N(C)c1ccc(C(C)(C)C)cc1. The number of benzene rings is 1. The largest absolute Gasteiger partial charge is 0.388 e. The van der Waals surface area contributed by atoms with Crippen LogP contribution in [0.15, 0.2) is 60.3 Å². The lowest BCUT2D eigenvalue weighted by Gasteiger charge is -2.38. The number of hydrogen-bond donors (Lipinski definition) is 1. The zero-order chi connectivity index (χ0) is 18.5. The number of rotatable bonds is 6. The first-order valence-electron chi connectivity index (χ1n) is 8.60. The average Bonchev–Trinajstić information content (AvgIpc) is 2.54. The highest BCUT2D eigenvalue weighted by molar-refractivity contribution is 5.53. The Hall–Kier alpha value is -1.96. The summed E-state index contributed by atoms with van der Waals surface area (Å²) in [5.74, 6) is 0. The fraction of sp³-hybridized carbons (Fsp3) is 0.455. The van der Waals surface area contributed by atoms with Crippen LogP contribution in [0.25, 0.3) is 0 Å². The van der Waals surface area contributed by atoms with Gasteiger partial charge in [-0.1, -0.05) is 51.6 Å². The summed E-state index contributed by atoms with van der Waals surface area (Å²) in [6.07, 6.45) is 6.21. The lowest BCUT2D eigenvalue weighted by atomic mass is 9.86. The Morgan fingerprint density at radius 1 is 1.04 bits per heavy atom. The van der Waals surface area contributed by atoms with Gasteiger partial charge in [0.15, 0.2) is 0 Å². The Morgan fingerprint density at radius 2 is 1.58 bits per heavy atom. The van der Waals surface area contributed by atoms with Gasteiger partial charge < -0.3 is 10.2 Å². The summed E-state index contributed by atoms with van der Waals surface area (Å²) in [6.45, 7) is 17.4. The molecular weight excluding hydrogens is 292 g/mol. The zero-order valence-electron chi connectivity index (χ0n) is 16.7. The van der Waals surface area contributed by atoms with E-state index in [-0.39, 0.29) is 11.0 Å². The van der Waals surface area contributed by atoms with Gasteiger partial charge in [-0.2, -0.15) is 0 Å². The molecule has 0 saturated carbocycles. The molecule has 0 fully saturated rings. The van der Waals surface area contributed by atoms with Crippen molar-refractivity contribution in [3.8, 4) is 0 Å². The molecule has 0 aliphatic heterocycles. The Bertz CT molecular complexity index is 610. The van der Waals surface area contributed by atoms with E-state index in [9.17, 15) is 0 Å². The van der Waals surface area contributed by atoms with Crippen LogP contribution in [-0.4, -0.2) is 19.6 Å². The van der Waals surface area contributed by atoms with Gasteiger partial charge in [0.1, 0.15) is 0 Å². The fourth-order valence-corrected chi connectivity index (χ4v) is 2.44. The molecule has 1 aromatic carbocycles. The molecule has 1 N–H and O–H groups in total. The Kier molecular flexibility index (Phi) is 6.48. The van der Waals surface area contributed by atoms with Crippen LogP contribution in [0.2, 0.25) is 0 Å². The molecule has 1 rings (SSSR count). The van der Waals surface area contributed by atoms with E-state index < -0.39 is 0 Å². The predicted octanol–water partition coefficient (Wildman–Crippen LogP) is 5.43. The molecule has 0 amide bonds. The summed E-state index contributed by atoms with van der Waals surface area (Å²) in [5, 5.41) is 3.16. The van der Waals surface area contributed by atoms with Crippen LogP contribution in [0, 0.1) is 0 Å². The summed E-state index contributed by atoms with van der Waals surface area (Å²) < 4.78 is 0. The second-order valence-electron chi connectivity index (χ2n) is 7.77. The lowest BCUT2D eigenvalue weighted by Crippen LogP contribution is -2.42. The van der Waals surface area contributed by atoms with E-state index in [0.29, 0.717) is 0 Å². The molecule has 0 spiro atoms. The van der Waals surface area contributed by atoms with Gasteiger partial charge in [-0.25, -0.2) is 0 Å². The average molecular weight is 327 g/mol. The zero-order valence-corrected chi connectivity index (χ0v) is 16.7. The molecule has 132 valence electrons. The van der Waals surface area contributed by atoms with E-state index >= 15 is 0 Å². The molecule has 0 atom stereocenters. The third-order valence-corrected chi connectivity index (χ3v) is 4.81. The molecule has 0 bridgehead atoms. The maximum absolute atomic E-state index is 4.29. The molecule has 0 saturated heterocycles. The summed E-state index contributed by atoms with van der Waals surface area (Å²) in [7, 11) is 4.05. The molecule has 0 radical (unpaired) electrons. The van der Waals surface area contributed by atoms with E-state index in [4.69, 9.17) is 0 Å².